The van der Waals surface area contributed by atoms with E-state index >= 15 is 0 Å². The second-order valence-corrected chi connectivity index (χ2v) is 6.87. The van der Waals surface area contributed by atoms with Gasteiger partial charge in [-0.2, -0.15) is 0 Å². The Morgan fingerprint density at radius 2 is 1.87 bits per heavy atom. The van der Waals surface area contributed by atoms with Crippen molar-refractivity contribution in [2.75, 3.05) is 19.7 Å². The predicted molar refractivity (Wildman–Crippen MR) is 84.6 cm³/mol. The lowest BCUT2D eigenvalue weighted by molar-refractivity contribution is -0.0141. The van der Waals surface area contributed by atoms with Crippen LogP contribution in [0.15, 0.2) is 31.1 Å². The number of hydrogen-bond acceptors (Lipinski definition) is 6. The van der Waals surface area contributed by atoms with Crippen molar-refractivity contribution < 1.29 is 4.74 Å². The van der Waals surface area contributed by atoms with Gasteiger partial charge in [-0.25, -0.2) is 19.9 Å². The Labute approximate surface area is 136 Å². The first kappa shape index (κ1) is 14.7. The number of nitrogens with zero attached hydrogens (tertiary/aromatic N) is 5. The van der Waals surface area contributed by atoms with Crippen LogP contribution in [-0.4, -0.2) is 50.6 Å². The van der Waals surface area contributed by atoms with Gasteiger partial charge in [0.2, 0.25) is 0 Å². The summed E-state index contributed by atoms with van der Waals surface area (Å²) in [7, 11) is 0. The number of aromatic nitrogens is 4. The molecule has 0 bridgehead atoms. The van der Waals surface area contributed by atoms with Crippen LogP contribution < -0.4 is 0 Å². The van der Waals surface area contributed by atoms with E-state index in [0.717, 1.165) is 50.5 Å². The van der Waals surface area contributed by atoms with Crippen molar-refractivity contribution in [1.82, 2.24) is 24.8 Å². The molecule has 0 radical (unpaired) electrons. The fourth-order valence-corrected chi connectivity index (χ4v) is 3.72. The average molecular weight is 311 g/mol. The number of ether oxygens (including phenoxy) is 1. The Morgan fingerprint density at radius 3 is 2.61 bits per heavy atom. The van der Waals surface area contributed by atoms with E-state index in [-0.39, 0.29) is 0 Å². The third-order valence-electron chi connectivity index (χ3n) is 4.72. The Bertz CT molecular complexity index is 654. The van der Waals surface area contributed by atoms with Gasteiger partial charge in [0.25, 0.3) is 0 Å². The van der Waals surface area contributed by atoms with E-state index < -0.39 is 0 Å². The van der Waals surface area contributed by atoms with E-state index in [1.165, 1.54) is 5.56 Å². The minimum Gasteiger partial charge on any atom is -0.377 e. The van der Waals surface area contributed by atoms with Gasteiger partial charge in [-0.3, -0.25) is 4.90 Å². The van der Waals surface area contributed by atoms with Crippen LogP contribution in [0.2, 0.25) is 0 Å². The highest BCUT2D eigenvalue weighted by atomic mass is 16.5. The minimum atomic E-state index is 0.297. The van der Waals surface area contributed by atoms with Crippen molar-refractivity contribution in [2.45, 2.75) is 32.4 Å². The highest BCUT2D eigenvalue weighted by Gasteiger charge is 2.48. The summed E-state index contributed by atoms with van der Waals surface area (Å²) in [6.45, 7) is 5.91. The molecule has 0 aromatic carbocycles. The second-order valence-electron chi connectivity index (χ2n) is 6.87. The first-order valence-corrected chi connectivity index (χ1v) is 8.06. The number of hydrogen-bond donors (Lipinski definition) is 0. The van der Waals surface area contributed by atoms with Crippen LogP contribution in [0.4, 0.5) is 0 Å². The standard InChI is InChI=1S/C17H21N5O/c1-13-20-6-15(7-21-13)8-22-9-17(10-22)3-16(23-11-17)2-14-4-18-12-19-5-14/h4-7,12,16H,2-3,8-11H2,1H3/t16-/m0/s1. The Morgan fingerprint density at radius 1 is 1.13 bits per heavy atom. The average Bonchev–Trinajstić information content (AvgIpc) is 2.94. The van der Waals surface area contributed by atoms with Crippen molar-refractivity contribution in [3.8, 4) is 0 Å². The molecule has 2 aliphatic rings. The van der Waals surface area contributed by atoms with Gasteiger partial charge in [-0.1, -0.05) is 0 Å². The van der Waals surface area contributed by atoms with E-state index in [4.69, 9.17) is 4.74 Å². The zero-order valence-electron chi connectivity index (χ0n) is 13.4. The monoisotopic (exact) mass is 311 g/mol. The van der Waals surface area contributed by atoms with Gasteiger partial charge < -0.3 is 4.74 Å². The Hall–Kier alpha value is -1.92. The summed E-state index contributed by atoms with van der Waals surface area (Å²) in [5.74, 6) is 0.825. The maximum Gasteiger partial charge on any atom is 0.125 e. The maximum absolute atomic E-state index is 6.02. The molecule has 23 heavy (non-hydrogen) atoms. The van der Waals surface area contributed by atoms with Crippen LogP contribution in [0, 0.1) is 12.3 Å². The van der Waals surface area contributed by atoms with Crippen molar-refractivity contribution in [3.63, 3.8) is 0 Å². The molecule has 6 nitrogen and oxygen atoms in total. The fourth-order valence-electron chi connectivity index (χ4n) is 3.72. The van der Waals surface area contributed by atoms with E-state index in [1.54, 1.807) is 6.33 Å². The SMILES string of the molecule is Cc1ncc(CN2CC3(CO[C@@H](Cc4cncnc4)C3)C2)cn1. The summed E-state index contributed by atoms with van der Waals surface area (Å²) in [6, 6.07) is 0. The van der Waals surface area contributed by atoms with Crippen molar-refractivity contribution in [1.29, 1.82) is 0 Å². The molecule has 1 atom stereocenters. The van der Waals surface area contributed by atoms with Gasteiger partial charge in [0.1, 0.15) is 12.2 Å². The summed E-state index contributed by atoms with van der Waals surface area (Å²) in [6.07, 6.45) is 11.5. The molecular weight excluding hydrogens is 290 g/mol. The molecule has 0 aliphatic carbocycles. The van der Waals surface area contributed by atoms with Gasteiger partial charge in [0, 0.05) is 61.8 Å². The maximum atomic E-state index is 6.02. The minimum absolute atomic E-state index is 0.297. The zero-order valence-corrected chi connectivity index (χ0v) is 13.4. The molecule has 0 saturated carbocycles. The molecule has 2 aromatic rings. The molecule has 2 saturated heterocycles. The lowest BCUT2D eigenvalue weighted by Crippen LogP contribution is -2.56. The molecule has 2 aliphatic heterocycles. The topological polar surface area (TPSA) is 64.0 Å². The van der Waals surface area contributed by atoms with Crippen molar-refractivity contribution >= 4 is 0 Å². The summed E-state index contributed by atoms with van der Waals surface area (Å²) in [4.78, 5) is 19.1. The largest absolute Gasteiger partial charge is 0.377 e. The van der Waals surface area contributed by atoms with Crippen molar-refractivity contribution in [2.24, 2.45) is 5.41 Å². The van der Waals surface area contributed by atoms with E-state index in [0.29, 0.717) is 11.5 Å². The highest BCUT2D eigenvalue weighted by Crippen LogP contribution is 2.42. The second kappa shape index (κ2) is 5.94. The third-order valence-corrected chi connectivity index (χ3v) is 4.72. The normalized spacial score (nSPS) is 23.1. The lowest BCUT2D eigenvalue weighted by Gasteiger charge is -2.47. The summed E-state index contributed by atoms with van der Waals surface area (Å²) >= 11 is 0. The Kier molecular flexibility index (Phi) is 3.79. The first-order valence-electron chi connectivity index (χ1n) is 8.06. The van der Waals surface area contributed by atoms with E-state index in [2.05, 4.69) is 24.8 Å². The van der Waals surface area contributed by atoms with Gasteiger partial charge in [0.05, 0.1) is 12.7 Å². The van der Waals surface area contributed by atoms with Crippen molar-refractivity contribution in [3.05, 3.63) is 48.1 Å². The molecule has 120 valence electrons. The molecule has 6 heteroatoms. The van der Waals surface area contributed by atoms with Gasteiger partial charge in [-0.05, 0) is 18.9 Å². The van der Waals surface area contributed by atoms with Crippen LogP contribution >= 0.6 is 0 Å². The zero-order chi connectivity index (χ0) is 15.7. The lowest BCUT2D eigenvalue weighted by atomic mass is 9.77. The smallest absolute Gasteiger partial charge is 0.125 e. The molecule has 0 amide bonds. The van der Waals surface area contributed by atoms with E-state index in [1.807, 2.05) is 31.7 Å². The third kappa shape index (κ3) is 3.23. The fraction of sp³-hybridized carbons (Fsp3) is 0.529. The van der Waals surface area contributed by atoms with Gasteiger partial charge in [0.15, 0.2) is 0 Å². The van der Waals surface area contributed by atoms with E-state index in [9.17, 15) is 0 Å². The number of rotatable bonds is 4. The quantitative estimate of drug-likeness (QED) is 0.850. The number of aryl methyl sites for hydroxylation is 1. The Balaban J connectivity index is 1.28. The molecule has 2 aromatic heterocycles. The first-order chi connectivity index (χ1) is 11.2. The summed E-state index contributed by atoms with van der Waals surface area (Å²) in [5.41, 5.74) is 2.68. The van der Waals surface area contributed by atoms with Crippen LogP contribution in [0.1, 0.15) is 23.4 Å². The molecule has 1 spiro atoms. The van der Waals surface area contributed by atoms with Gasteiger partial charge >= 0.3 is 0 Å². The molecule has 4 rings (SSSR count). The molecule has 4 heterocycles. The molecular formula is C17H21N5O. The molecule has 0 unspecified atom stereocenters. The summed E-state index contributed by atoms with van der Waals surface area (Å²) < 4.78 is 6.02. The predicted octanol–water partition coefficient (Wildman–Crippen LogP) is 1.41. The van der Waals surface area contributed by atoms with Crippen LogP contribution in [0.25, 0.3) is 0 Å². The highest BCUT2D eigenvalue weighted by molar-refractivity contribution is 5.10. The summed E-state index contributed by atoms with van der Waals surface area (Å²) in [5, 5.41) is 0. The molecule has 2 fully saturated rings. The van der Waals surface area contributed by atoms with Crippen LogP contribution in [-0.2, 0) is 17.7 Å². The number of likely N-dealkylation sites (tertiary alicyclic amines) is 1. The molecule has 0 N–H and O–H groups in total. The van der Waals surface area contributed by atoms with Gasteiger partial charge in [-0.15, -0.1) is 0 Å². The van der Waals surface area contributed by atoms with Crippen LogP contribution in [0.3, 0.4) is 0 Å². The van der Waals surface area contributed by atoms with Crippen LogP contribution in [0.5, 0.6) is 0 Å².